The molecule has 0 fully saturated rings. The summed E-state index contributed by atoms with van der Waals surface area (Å²) in [5.74, 6) is 0. The van der Waals surface area contributed by atoms with Gasteiger partial charge in [-0.2, -0.15) is 0 Å². The highest BCUT2D eigenvalue weighted by atomic mass is 32.1. The van der Waals surface area contributed by atoms with Gasteiger partial charge in [0, 0.05) is 53.0 Å². The Bertz CT molecular complexity index is 4470. The van der Waals surface area contributed by atoms with Crippen molar-refractivity contribution in [2.75, 3.05) is 4.90 Å². The predicted octanol–water partition coefficient (Wildman–Crippen LogP) is 19.2. The molecule has 1 aliphatic rings. The van der Waals surface area contributed by atoms with Crippen LogP contribution in [-0.4, -0.2) is 4.57 Å². The van der Waals surface area contributed by atoms with E-state index in [-0.39, 0.29) is 0 Å². The fourth-order valence-electron chi connectivity index (χ4n) is 12.4. The standard InChI is InChI=1S/C69H46N2OS/c1-43-29-35-47(36-30-43)69(48-37-31-44(2)32-38-48)56-21-9-6-19-53(56)66-57(69)22-13-24-60(66)71(62-26-12-20-52-51-18-8-11-27-63(51)72-68(52)62)61-25-14-28-65-67(61)55-42-46(34-40-64(55)73-65)45-33-39-59-54(41-45)50-17-7-10-23-58(50)70(59)49-15-4-3-5-16-49/h3-42H,1-2H3. The average molecular weight is 951 g/mol. The Morgan fingerprint density at radius 3 is 1.84 bits per heavy atom. The fraction of sp³-hybridized carbons (Fsp3) is 0.0435. The van der Waals surface area contributed by atoms with Gasteiger partial charge >= 0.3 is 0 Å². The van der Waals surface area contributed by atoms with Gasteiger partial charge in [0.15, 0.2) is 5.58 Å². The summed E-state index contributed by atoms with van der Waals surface area (Å²) >= 11 is 1.86. The molecule has 0 bridgehead atoms. The molecule has 0 atom stereocenters. The van der Waals surface area contributed by atoms with Gasteiger partial charge in [-0.15, -0.1) is 11.3 Å². The van der Waals surface area contributed by atoms with Crippen LogP contribution in [0.15, 0.2) is 247 Å². The van der Waals surface area contributed by atoms with Crippen molar-refractivity contribution in [3.05, 3.63) is 276 Å². The van der Waals surface area contributed by atoms with Gasteiger partial charge in [-0.1, -0.05) is 181 Å². The number of anilines is 3. The van der Waals surface area contributed by atoms with Gasteiger partial charge in [-0.3, -0.25) is 0 Å². The third kappa shape index (κ3) is 6.11. The molecular formula is C69H46N2OS. The van der Waals surface area contributed by atoms with Crippen molar-refractivity contribution in [3.63, 3.8) is 0 Å². The molecule has 0 saturated carbocycles. The lowest BCUT2D eigenvalue weighted by molar-refractivity contribution is 0.669. The molecular weight excluding hydrogens is 905 g/mol. The summed E-state index contributed by atoms with van der Waals surface area (Å²) in [6.07, 6.45) is 0. The SMILES string of the molecule is Cc1ccc(C2(c3ccc(C)cc3)c3ccccc3-c3c(N(c4cccc5c4oc4ccccc45)c4cccc5sc6ccc(-c7ccc8c(c7)c7ccccc7n8-c7ccccc7)cc6c45)cccc32)cc1. The highest BCUT2D eigenvalue weighted by Gasteiger charge is 2.47. The van der Waals surface area contributed by atoms with Crippen LogP contribution in [-0.2, 0) is 5.41 Å². The summed E-state index contributed by atoms with van der Waals surface area (Å²) < 4.78 is 11.9. The van der Waals surface area contributed by atoms with Gasteiger partial charge in [0.1, 0.15) is 5.58 Å². The number of benzene rings is 11. The van der Waals surface area contributed by atoms with Crippen LogP contribution < -0.4 is 4.90 Å². The number of hydrogen-bond donors (Lipinski definition) is 0. The molecule has 0 unspecified atom stereocenters. The van der Waals surface area contributed by atoms with Crippen LogP contribution in [0.3, 0.4) is 0 Å². The lowest BCUT2D eigenvalue weighted by Gasteiger charge is -2.34. The van der Waals surface area contributed by atoms with Gasteiger partial charge in [0.25, 0.3) is 0 Å². The Balaban J connectivity index is 1.00. The first-order valence-corrected chi connectivity index (χ1v) is 26.0. The van der Waals surface area contributed by atoms with Crippen LogP contribution in [0, 0.1) is 13.8 Å². The van der Waals surface area contributed by atoms with Crippen molar-refractivity contribution in [2.24, 2.45) is 0 Å². The Labute approximate surface area is 427 Å². The van der Waals surface area contributed by atoms with Gasteiger partial charge in [0.2, 0.25) is 0 Å². The van der Waals surface area contributed by atoms with Crippen LogP contribution in [0.25, 0.3) is 91.9 Å². The normalized spacial score (nSPS) is 12.9. The van der Waals surface area contributed by atoms with E-state index in [0.717, 1.165) is 44.7 Å². The first kappa shape index (κ1) is 41.8. The first-order valence-electron chi connectivity index (χ1n) is 25.2. The topological polar surface area (TPSA) is 21.3 Å². The van der Waals surface area contributed by atoms with Gasteiger partial charge < -0.3 is 13.9 Å². The molecule has 73 heavy (non-hydrogen) atoms. The maximum absolute atomic E-state index is 7.01. The van der Waals surface area contributed by atoms with Crippen molar-refractivity contribution in [2.45, 2.75) is 19.3 Å². The summed E-state index contributed by atoms with van der Waals surface area (Å²) in [6.45, 7) is 4.35. The van der Waals surface area contributed by atoms with Crippen LogP contribution in [0.2, 0.25) is 0 Å². The van der Waals surface area contributed by atoms with E-state index < -0.39 is 5.41 Å². The number of thiophene rings is 1. The minimum Gasteiger partial charge on any atom is -0.454 e. The quantitative estimate of drug-likeness (QED) is 0.159. The number of furan rings is 1. The highest BCUT2D eigenvalue weighted by molar-refractivity contribution is 7.26. The van der Waals surface area contributed by atoms with Gasteiger partial charge in [0.05, 0.1) is 33.5 Å². The Morgan fingerprint density at radius 1 is 0.425 bits per heavy atom. The molecule has 15 rings (SSSR count). The second-order valence-corrected chi connectivity index (χ2v) is 20.8. The lowest BCUT2D eigenvalue weighted by Crippen LogP contribution is -2.28. The molecule has 0 radical (unpaired) electrons. The summed E-state index contributed by atoms with van der Waals surface area (Å²) in [7, 11) is 0. The van der Waals surface area contributed by atoms with E-state index >= 15 is 0 Å². The van der Waals surface area contributed by atoms with Crippen molar-refractivity contribution >= 4 is 92.3 Å². The summed E-state index contributed by atoms with van der Waals surface area (Å²) in [4.78, 5) is 2.52. The predicted molar refractivity (Wildman–Crippen MR) is 308 cm³/mol. The Kier molecular flexibility index (Phi) is 9.17. The number of fused-ring (bicyclic) bond motifs is 12. The molecule has 4 heteroatoms. The van der Waals surface area contributed by atoms with Gasteiger partial charge in [-0.25, -0.2) is 0 Å². The van der Waals surface area contributed by atoms with Gasteiger partial charge in [-0.05, 0) is 126 Å². The molecule has 14 aromatic rings. The molecule has 344 valence electrons. The van der Waals surface area contributed by atoms with Crippen molar-refractivity contribution in [1.29, 1.82) is 0 Å². The summed E-state index contributed by atoms with van der Waals surface area (Å²) in [5, 5.41) is 7.12. The molecule has 1 aliphatic carbocycles. The third-order valence-corrected chi connectivity index (χ3v) is 16.8. The van der Waals surface area contributed by atoms with E-state index in [4.69, 9.17) is 4.42 Å². The van der Waals surface area contributed by atoms with E-state index in [1.807, 2.05) is 11.3 Å². The van der Waals surface area contributed by atoms with Crippen LogP contribution in [0.4, 0.5) is 17.1 Å². The number of rotatable bonds is 7. The lowest BCUT2D eigenvalue weighted by atomic mass is 9.67. The van der Waals surface area contributed by atoms with E-state index in [1.165, 1.54) is 97.6 Å². The smallest absolute Gasteiger partial charge is 0.159 e. The zero-order valence-corrected chi connectivity index (χ0v) is 41.1. The minimum absolute atomic E-state index is 0.579. The number of aromatic nitrogens is 1. The van der Waals surface area contributed by atoms with Crippen molar-refractivity contribution < 1.29 is 4.42 Å². The molecule has 0 spiro atoms. The Morgan fingerprint density at radius 2 is 1.03 bits per heavy atom. The first-order chi connectivity index (χ1) is 36.0. The number of nitrogens with zero attached hydrogens (tertiary/aromatic N) is 2. The van der Waals surface area contributed by atoms with Crippen molar-refractivity contribution in [1.82, 2.24) is 4.57 Å². The molecule has 0 aliphatic heterocycles. The van der Waals surface area contributed by atoms with E-state index in [9.17, 15) is 0 Å². The van der Waals surface area contributed by atoms with E-state index in [1.54, 1.807) is 0 Å². The number of hydrogen-bond acceptors (Lipinski definition) is 3. The van der Waals surface area contributed by atoms with Crippen molar-refractivity contribution in [3.8, 4) is 27.9 Å². The van der Waals surface area contributed by atoms with E-state index in [0.29, 0.717) is 0 Å². The number of aryl methyl sites for hydroxylation is 2. The molecule has 3 heterocycles. The molecule has 0 amide bonds. The molecule has 0 N–H and O–H groups in total. The van der Waals surface area contributed by atoms with E-state index in [2.05, 4.69) is 266 Å². The zero-order chi connectivity index (χ0) is 48.4. The number of para-hydroxylation sites is 4. The second kappa shape index (κ2) is 16.0. The highest BCUT2D eigenvalue weighted by Crippen LogP contribution is 2.60. The molecule has 0 saturated heterocycles. The van der Waals surface area contributed by atoms with Crippen LogP contribution in [0.1, 0.15) is 33.4 Å². The average Bonchev–Trinajstić information content (AvgIpc) is 4.19. The molecule has 3 aromatic heterocycles. The summed E-state index contributed by atoms with van der Waals surface area (Å²) in [5.41, 5.74) is 20.2. The van der Waals surface area contributed by atoms with Crippen LogP contribution >= 0.6 is 11.3 Å². The van der Waals surface area contributed by atoms with Crippen LogP contribution in [0.5, 0.6) is 0 Å². The second-order valence-electron chi connectivity index (χ2n) is 19.7. The molecule has 11 aromatic carbocycles. The fourth-order valence-corrected chi connectivity index (χ4v) is 13.5. The maximum atomic E-state index is 7.01. The summed E-state index contributed by atoms with van der Waals surface area (Å²) in [6, 6.07) is 90.0. The Hall–Kier alpha value is -8.96. The maximum Gasteiger partial charge on any atom is 0.159 e. The monoisotopic (exact) mass is 950 g/mol. The minimum atomic E-state index is -0.579. The largest absolute Gasteiger partial charge is 0.454 e. The molecule has 3 nitrogen and oxygen atoms in total. The zero-order valence-electron chi connectivity index (χ0n) is 40.3. The third-order valence-electron chi connectivity index (χ3n) is 15.6.